The number of aliphatic carboxylic acids is 4. The first-order valence-electron chi connectivity index (χ1n) is 15.2. The number of hydrogen-bond acceptors (Lipinski definition) is 15. The average Bonchev–Trinajstić information content (AvgIpc) is 3.05. The third-order valence-electron chi connectivity index (χ3n) is 7.82. The van der Waals surface area contributed by atoms with Crippen LogP contribution in [-0.2, 0) is 19.2 Å². The normalized spacial score (nSPS) is 11.2. The second-order valence-electron chi connectivity index (χ2n) is 11.4. The number of carbonyl (C=O) groups excluding carboxylic acids is 6. The first-order valence-corrected chi connectivity index (χ1v) is 15.2. The molecule has 0 unspecified atom stereocenters. The molecule has 1 aliphatic rings. The summed E-state index contributed by atoms with van der Waals surface area (Å²) in [5, 5.41) is 46.7. The second-order valence-corrected chi connectivity index (χ2v) is 11.4. The van der Waals surface area contributed by atoms with Crippen LogP contribution in [0.3, 0.4) is 0 Å². The number of hydrogen-bond donors (Lipinski definition) is 1. The molecule has 1 aliphatic heterocycles. The van der Waals surface area contributed by atoms with Crippen LogP contribution in [0.1, 0.15) is 26.3 Å². The van der Waals surface area contributed by atoms with Crippen LogP contribution < -0.4 is 256 Å². The van der Waals surface area contributed by atoms with Gasteiger partial charge in [0, 0.05) is 33.7 Å². The molecule has 0 atom stereocenters. The molecule has 1 heterocycles. The van der Waals surface area contributed by atoms with E-state index < -0.39 is 61.9 Å². The van der Waals surface area contributed by atoms with Gasteiger partial charge in [-0.1, -0.05) is 18.2 Å². The fourth-order valence-electron chi connectivity index (χ4n) is 5.75. The van der Waals surface area contributed by atoms with Gasteiger partial charge < -0.3 is 64.6 Å². The van der Waals surface area contributed by atoms with E-state index in [1.165, 1.54) is 42.5 Å². The molecular formula is C35H28K4N4O12. The minimum atomic E-state index is -1.62. The maximum Gasteiger partial charge on any atom is 1.00 e. The molecule has 20 heteroatoms. The molecule has 0 spiro atoms. The van der Waals surface area contributed by atoms with Crippen molar-refractivity contribution in [3.8, 4) is 11.5 Å². The number of rotatable bonds is 16. The molecule has 2 amide bonds. The summed E-state index contributed by atoms with van der Waals surface area (Å²) in [5.74, 6) is -7.77. The van der Waals surface area contributed by atoms with E-state index in [1.807, 2.05) is 0 Å². The molecule has 55 heavy (non-hydrogen) atoms. The molecule has 4 aromatic rings. The van der Waals surface area contributed by atoms with E-state index in [-0.39, 0.29) is 258 Å². The van der Waals surface area contributed by atoms with Crippen molar-refractivity contribution in [1.82, 2.24) is 0 Å². The molecule has 2 N–H and O–H groups in total. The molecule has 0 fully saturated rings. The second kappa shape index (κ2) is 24.1. The average molecular weight is 853 g/mol. The molecule has 5 rings (SSSR count). The van der Waals surface area contributed by atoms with Crippen molar-refractivity contribution in [2.75, 3.05) is 59.8 Å². The number of nitrogen functional groups attached to an aromatic ring is 1. The van der Waals surface area contributed by atoms with Crippen molar-refractivity contribution < 1.29 is 264 Å². The topological polar surface area (TPSA) is 249 Å². The van der Waals surface area contributed by atoms with E-state index in [0.29, 0.717) is 22.0 Å². The van der Waals surface area contributed by atoms with Crippen molar-refractivity contribution >= 4 is 69.2 Å². The number of nitrogens with zero attached hydrogens (tertiary/aromatic N) is 3. The van der Waals surface area contributed by atoms with Crippen LogP contribution in [0, 0.1) is 6.92 Å². The Labute approximate surface area is 485 Å². The van der Waals surface area contributed by atoms with E-state index in [9.17, 15) is 49.2 Å². The third-order valence-corrected chi connectivity index (χ3v) is 7.82. The van der Waals surface area contributed by atoms with E-state index in [4.69, 9.17) is 15.2 Å². The molecular weight excluding hydrogens is 825 g/mol. The smallest absolute Gasteiger partial charge is 0.548 e. The third kappa shape index (κ3) is 13.4. The fraction of sp³-hybridized carbons (Fsp3) is 0.200. The Hall–Kier alpha value is -0.295. The standard InChI is InChI=1S/C35H32N4O12.4K/c1-19-5-9-25(37(15-29(40)41)16-30(42)43)27(13-19)50-11-12-51-28-14-20(6-10-26(28)38(17-31(44)45)18-32(46)47)39-34(48)22-4-2-3-21-24(36)8-7-23(33(21)22)35(39)49;;;;/h2-10,13-14H,11-12,15-18,36H2,1H3,(H,40,41)(H,42,43)(H,44,45)(H,46,47);;;;/q;4*+1/p-4. The summed E-state index contributed by atoms with van der Waals surface area (Å²) in [4.78, 5) is 76.0. The van der Waals surface area contributed by atoms with Crippen molar-refractivity contribution in [3.63, 3.8) is 0 Å². The summed E-state index contributed by atoms with van der Waals surface area (Å²) in [7, 11) is 0. The number of amides is 2. The van der Waals surface area contributed by atoms with Gasteiger partial charge in [-0.2, -0.15) is 0 Å². The SMILES string of the molecule is Cc1ccc(N(CC(=O)[O-])CC(=O)[O-])c(OCCOc2cc(N3C(=O)c4cccc5c(N)ccc(c45)C3=O)ccc2N(CC(=O)[O-])CC(=O)[O-])c1.[K+].[K+].[K+].[K+]. The van der Waals surface area contributed by atoms with Crippen LogP contribution >= 0.6 is 0 Å². The van der Waals surface area contributed by atoms with Gasteiger partial charge in [0.05, 0.1) is 67.1 Å². The van der Waals surface area contributed by atoms with Crippen LogP contribution in [0.2, 0.25) is 0 Å². The number of nitrogens with two attached hydrogens (primary N) is 1. The zero-order valence-corrected chi connectivity index (χ0v) is 43.4. The minimum Gasteiger partial charge on any atom is -0.548 e. The number of carbonyl (C=O) groups is 6. The van der Waals surface area contributed by atoms with Gasteiger partial charge in [-0.05, 0) is 55.0 Å². The van der Waals surface area contributed by atoms with Gasteiger partial charge in [-0.3, -0.25) is 9.59 Å². The predicted molar refractivity (Wildman–Crippen MR) is 173 cm³/mol. The number of imide groups is 1. The van der Waals surface area contributed by atoms with Gasteiger partial charge in [0.15, 0.2) is 0 Å². The molecule has 0 aliphatic carbocycles. The van der Waals surface area contributed by atoms with Crippen LogP contribution in [-0.4, -0.2) is 75.1 Å². The number of carboxylic acids is 4. The van der Waals surface area contributed by atoms with Gasteiger partial charge in [0.25, 0.3) is 11.8 Å². The number of ether oxygens (including phenoxy) is 2. The zero-order valence-electron chi connectivity index (χ0n) is 30.9. The maximum atomic E-state index is 13.7. The summed E-state index contributed by atoms with van der Waals surface area (Å²) < 4.78 is 11.8. The first kappa shape index (κ1) is 52.7. The molecule has 0 saturated heterocycles. The van der Waals surface area contributed by atoms with E-state index in [1.54, 1.807) is 31.2 Å². The Morgan fingerprint density at radius 1 is 0.636 bits per heavy atom. The van der Waals surface area contributed by atoms with Crippen molar-refractivity contribution in [1.29, 1.82) is 0 Å². The van der Waals surface area contributed by atoms with E-state index in [0.717, 1.165) is 14.7 Å². The van der Waals surface area contributed by atoms with Gasteiger partial charge in [0.2, 0.25) is 0 Å². The molecule has 264 valence electrons. The Balaban J connectivity index is 0.00000378. The first-order chi connectivity index (χ1) is 24.2. The number of benzene rings is 4. The molecule has 4 aromatic carbocycles. The van der Waals surface area contributed by atoms with Crippen molar-refractivity contribution in [2.24, 2.45) is 0 Å². The van der Waals surface area contributed by atoms with E-state index in [2.05, 4.69) is 0 Å². The fourth-order valence-corrected chi connectivity index (χ4v) is 5.75. The Kier molecular flexibility index (Phi) is 23.1. The molecule has 16 nitrogen and oxygen atoms in total. The number of aryl methyl sites for hydroxylation is 1. The zero-order chi connectivity index (χ0) is 37.0. The van der Waals surface area contributed by atoms with Crippen molar-refractivity contribution in [3.05, 3.63) is 83.4 Å². The number of carboxylic acid groups (broad SMARTS) is 4. The van der Waals surface area contributed by atoms with E-state index >= 15 is 0 Å². The van der Waals surface area contributed by atoms with Crippen LogP contribution in [0.15, 0.2) is 66.7 Å². The van der Waals surface area contributed by atoms with Crippen LogP contribution in [0.25, 0.3) is 10.8 Å². The Morgan fingerprint density at radius 2 is 1.09 bits per heavy atom. The molecule has 0 radical (unpaired) electrons. The summed E-state index contributed by atoms with van der Waals surface area (Å²) in [6.45, 7) is -2.20. The largest absolute Gasteiger partial charge is 1.00 e. The van der Waals surface area contributed by atoms with Gasteiger partial charge in [-0.25, -0.2) is 4.90 Å². The number of anilines is 4. The van der Waals surface area contributed by atoms with Gasteiger partial charge in [0.1, 0.15) is 24.7 Å². The molecule has 0 aromatic heterocycles. The van der Waals surface area contributed by atoms with Crippen LogP contribution in [0.4, 0.5) is 22.7 Å². The van der Waals surface area contributed by atoms with Crippen molar-refractivity contribution in [2.45, 2.75) is 6.92 Å². The minimum absolute atomic E-state index is 0. The van der Waals surface area contributed by atoms with Gasteiger partial charge >= 0.3 is 206 Å². The molecule has 0 bridgehead atoms. The quantitative estimate of drug-likeness (QED) is 0.0476. The predicted octanol–water partition coefficient (Wildman–Crippen LogP) is -14.4. The summed E-state index contributed by atoms with van der Waals surface area (Å²) in [5.41, 5.74) is 7.59. The summed E-state index contributed by atoms with van der Waals surface area (Å²) >= 11 is 0. The van der Waals surface area contributed by atoms with Gasteiger partial charge in [-0.15, -0.1) is 0 Å². The Bertz CT molecular complexity index is 2050. The maximum absolute atomic E-state index is 13.7. The summed E-state index contributed by atoms with van der Waals surface area (Å²) in [6, 6.07) is 16.3. The monoisotopic (exact) mass is 852 g/mol. The molecule has 0 saturated carbocycles. The Morgan fingerprint density at radius 3 is 1.58 bits per heavy atom. The van der Waals surface area contributed by atoms with Crippen LogP contribution in [0.5, 0.6) is 11.5 Å². The summed E-state index contributed by atoms with van der Waals surface area (Å²) in [6.07, 6.45) is 0.